The number of hydrogen-bond acceptors (Lipinski definition) is 10. The second-order valence-corrected chi connectivity index (χ2v) is 7.61. The molecule has 1 aliphatic heterocycles. The van der Waals surface area contributed by atoms with E-state index in [1.807, 2.05) is 6.92 Å². The van der Waals surface area contributed by atoms with Gasteiger partial charge in [0.05, 0.1) is 0 Å². The van der Waals surface area contributed by atoms with Crippen molar-refractivity contribution in [2.75, 3.05) is 6.61 Å². The van der Waals surface area contributed by atoms with Gasteiger partial charge < -0.3 is 28.8 Å². The van der Waals surface area contributed by atoms with E-state index in [0.717, 1.165) is 0 Å². The van der Waals surface area contributed by atoms with Crippen molar-refractivity contribution in [3.63, 3.8) is 0 Å². The molecule has 10 nitrogen and oxygen atoms in total. The normalized spacial score (nSPS) is 25.0. The van der Waals surface area contributed by atoms with E-state index in [-0.39, 0.29) is 32.3 Å². The summed E-state index contributed by atoms with van der Waals surface area (Å²) in [7, 11) is 0. The van der Waals surface area contributed by atoms with Crippen molar-refractivity contribution in [3.8, 4) is 0 Å². The number of carbonyl (C=O) groups is 4. The number of carbonyl (C=O) groups excluding carboxylic acids is 4. The van der Waals surface area contributed by atoms with Crippen molar-refractivity contribution in [2.24, 2.45) is 0 Å². The molecule has 32 heavy (non-hydrogen) atoms. The van der Waals surface area contributed by atoms with E-state index in [9.17, 15) is 24.3 Å². The molecule has 0 bridgehead atoms. The number of hydrogen-bond donors (Lipinski definition) is 1. The van der Waals surface area contributed by atoms with Gasteiger partial charge in [-0.3, -0.25) is 19.2 Å². The first-order chi connectivity index (χ1) is 15.3. The molecule has 0 aromatic carbocycles. The Hall–Kier alpha value is -2.20. The van der Waals surface area contributed by atoms with E-state index in [4.69, 9.17) is 23.7 Å². The van der Waals surface area contributed by atoms with Gasteiger partial charge in [-0.1, -0.05) is 27.7 Å². The Labute approximate surface area is 188 Å². The van der Waals surface area contributed by atoms with Gasteiger partial charge in [0.25, 0.3) is 0 Å². The first-order valence-electron chi connectivity index (χ1n) is 11.3. The molecule has 1 fully saturated rings. The summed E-state index contributed by atoms with van der Waals surface area (Å²) in [6, 6.07) is 0. The summed E-state index contributed by atoms with van der Waals surface area (Å²) in [6.07, 6.45) is -4.23. The molecule has 1 unspecified atom stereocenters. The predicted octanol–water partition coefficient (Wildman–Crippen LogP) is 2.18. The summed E-state index contributed by atoms with van der Waals surface area (Å²) < 4.78 is 27.0. The van der Waals surface area contributed by atoms with Gasteiger partial charge in [0.1, 0.15) is 12.7 Å². The van der Waals surface area contributed by atoms with E-state index >= 15 is 0 Å². The summed E-state index contributed by atoms with van der Waals surface area (Å²) in [5.74, 6) is -2.30. The maximum Gasteiger partial charge on any atom is 0.306 e. The van der Waals surface area contributed by atoms with Gasteiger partial charge in [0.2, 0.25) is 0 Å². The third-order valence-electron chi connectivity index (χ3n) is 4.64. The van der Waals surface area contributed by atoms with Crippen LogP contribution in [0.15, 0.2) is 0 Å². The zero-order chi connectivity index (χ0) is 24.1. The van der Waals surface area contributed by atoms with E-state index in [2.05, 4.69) is 0 Å². The van der Waals surface area contributed by atoms with Gasteiger partial charge in [0, 0.05) is 25.7 Å². The van der Waals surface area contributed by atoms with Crippen molar-refractivity contribution in [1.29, 1.82) is 0 Å². The van der Waals surface area contributed by atoms with E-state index in [1.54, 1.807) is 20.8 Å². The van der Waals surface area contributed by atoms with Gasteiger partial charge >= 0.3 is 23.9 Å². The van der Waals surface area contributed by atoms with Crippen LogP contribution in [-0.2, 0) is 42.9 Å². The monoisotopic (exact) mass is 460 g/mol. The number of aliphatic hydroxyl groups excluding tert-OH is 1. The molecule has 1 aliphatic rings. The highest BCUT2D eigenvalue weighted by molar-refractivity contribution is 5.72. The van der Waals surface area contributed by atoms with Crippen molar-refractivity contribution in [2.45, 2.75) is 110 Å². The van der Waals surface area contributed by atoms with Gasteiger partial charge in [-0.05, 0) is 25.7 Å². The molecule has 1 N–H and O–H groups in total. The Kier molecular flexibility index (Phi) is 12.9. The molecule has 0 saturated carbocycles. The number of esters is 4. The van der Waals surface area contributed by atoms with Gasteiger partial charge in [-0.25, -0.2) is 0 Å². The van der Waals surface area contributed by atoms with Crippen molar-refractivity contribution in [1.82, 2.24) is 0 Å². The zero-order valence-corrected chi connectivity index (χ0v) is 19.4. The highest BCUT2D eigenvalue weighted by Crippen LogP contribution is 2.29. The molecule has 0 aliphatic carbocycles. The second-order valence-electron chi connectivity index (χ2n) is 7.61. The zero-order valence-electron chi connectivity index (χ0n) is 19.4. The highest BCUT2D eigenvalue weighted by atomic mass is 16.7. The summed E-state index contributed by atoms with van der Waals surface area (Å²) in [6.45, 7) is 6.84. The molecule has 184 valence electrons. The minimum atomic E-state index is -1.67. The van der Waals surface area contributed by atoms with E-state index < -0.39 is 54.6 Å². The van der Waals surface area contributed by atoms with Crippen LogP contribution in [0.1, 0.15) is 79.1 Å². The van der Waals surface area contributed by atoms with Gasteiger partial charge in [-0.2, -0.15) is 0 Å². The van der Waals surface area contributed by atoms with Crippen LogP contribution in [0.3, 0.4) is 0 Å². The lowest BCUT2D eigenvalue weighted by molar-refractivity contribution is -0.297. The minimum Gasteiger partial charge on any atom is -0.463 e. The highest BCUT2D eigenvalue weighted by Gasteiger charge is 2.52. The Morgan fingerprint density at radius 2 is 1.06 bits per heavy atom. The van der Waals surface area contributed by atoms with Crippen molar-refractivity contribution in [3.05, 3.63) is 0 Å². The fraction of sp³-hybridized carbons (Fsp3) is 0.818. The van der Waals surface area contributed by atoms with Crippen LogP contribution in [0.5, 0.6) is 0 Å². The first kappa shape index (κ1) is 27.8. The molecule has 5 atom stereocenters. The fourth-order valence-corrected chi connectivity index (χ4v) is 3.13. The Morgan fingerprint density at radius 1 is 0.656 bits per heavy atom. The Bertz CT molecular complexity index is 620. The third-order valence-corrected chi connectivity index (χ3v) is 4.64. The maximum absolute atomic E-state index is 12.3. The van der Waals surface area contributed by atoms with E-state index in [1.165, 1.54) is 0 Å². The summed E-state index contributed by atoms with van der Waals surface area (Å²) in [5, 5.41) is 10.5. The molecule has 0 spiro atoms. The van der Waals surface area contributed by atoms with Crippen LogP contribution in [-0.4, -0.2) is 66.3 Å². The average Bonchev–Trinajstić information content (AvgIpc) is 2.72. The smallest absolute Gasteiger partial charge is 0.306 e. The molecule has 1 saturated heterocycles. The van der Waals surface area contributed by atoms with Gasteiger partial charge in [0.15, 0.2) is 24.6 Å². The van der Waals surface area contributed by atoms with Crippen molar-refractivity contribution >= 4 is 23.9 Å². The lowest BCUT2D eigenvalue weighted by Crippen LogP contribution is -2.62. The third kappa shape index (κ3) is 9.12. The summed E-state index contributed by atoms with van der Waals surface area (Å²) >= 11 is 0. The van der Waals surface area contributed by atoms with Crippen LogP contribution in [0.2, 0.25) is 0 Å². The van der Waals surface area contributed by atoms with Crippen LogP contribution >= 0.6 is 0 Å². The van der Waals surface area contributed by atoms with Crippen LogP contribution in [0.25, 0.3) is 0 Å². The summed E-state index contributed by atoms with van der Waals surface area (Å²) in [4.78, 5) is 48.5. The molecule has 0 aromatic rings. The van der Waals surface area contributed by atoms with Crippen LogP contribution < -0.4 is 0 Å². The molecule has 1 rings (SSSR count). The molecule has 10 heteroatoms. The van der Waals surface area contributed by atoms with Crippen LogP contribution in [0.4, 0.5) is 0 Å². The Balaban J connectivity index is 3.19. The summed E-state index contributed by atoms with van der Waals surface area (Å²) in [5.41, 5.74) is 0. The maximum atomic E-state index is 12.3. The van der Waals surface area contributed by atoms with Crippen molar-refractivity contribution < 1.29 is 48.0 Å². The fourth-order valence-electron chi connectivity index (χ4n) is 3.13. The standard InChI is InChI=1S/C22H36O10/c1-5-9-15(23)28-13-14-19(30-16(24)10-6-2)20(31-17(25)11-7-3)21(22(27)29-14)32-18(26)12-8-4/h14,19-22,27H,5-13H2,1-4H3/t14-,19-,20+,21+,22?/m1/s1. The lowest BCUT2D eigenvalue weighted by Gasteiger charge is -2.42. The largest absolute Gasteiger partial charge is 0.463 e. The SMILES string of the molecule is CCCC(=O)OC[C@H]1OC(O)[C@@H](OC(=O)CCC)[C@@H](OC(=O)CCC)[C@@H]1OC(=O)CCC. The lowest BCUT2D eigenvalue weighted by atomic mass is 9.98. The van der Waals surface area contributed by atoms with Gasteiger partial charge in [-0.15, -0.1) is 0 Å². The van der Waals surface area contributed by atoms with Crippen LogP contribution in [0, 0.1) is 0 Å². The second kappa shape index (κ2) is 14.8. The number of aliphatic hydroxyl groups is 1. The average molecular weight is 461 g/mol. The first-order valence-corrected chi connectivity index (χ1v) is 11.3. The quantitative estimate of drug-likeness (QED) is 0.322. The topological polar surface area (TPSA) is 135 Å². The minimum absolute atomic E-state index is 0.0782. The molecule has 0 radical (unpaired) electrons. The molecule has 1 heterocycles. The molecule has 0 amide bonds. The molecular weight excluding hydrogens is 424 g/mol. The Morgan fingerprint density at radius 3 is 1.53 bits per heavy atom. The number of rotatable bonds is 13. The molecule has 0 aromatic heterocycles. The predicted molar refractivity (Wildman–Crippen MR) is 111 cm³/mol. The number of ether oxygens (including phenoxy) is 5. The molecular formula is C22H36O10. The van der Waals surface area contributed by atoms with E-state index in [0.29, 0.717) is 25.7 Å².